The van der Waals surface area contributed by atoms with Gasteiger partial charge in [0.05, 0.1) is 6.10 Å². The average molecular weight is 275 g/mol. The molecule has 1 heterocycles. The van der Waals surface area contributed by atoms with Crippen LogP contribution in [0.15, 0.2) is 15.9 Å². The number of hydrogen-bond acceptors (Lipinski definition) is 2. The normalized spacial score (nSPS) is 36.9. The van der Waals surface area contributed by atoms with E-state index in [0.717, 1.165) is 17.3 Å². The molecule has 0 aliphatic heterocycles. The first-order valence-electron chi connectivity index (χ1n) is 5.00. The van der Waals surface area contributed by atoms with Crippen molar-refractivity contribution in [1.29, 1.82) is 0 Å². The van der Waals surface area contributed by atoms with Crippen LogP contribution in [0.1, 0.15) is 37.5 Å². The van der Waals surface area contributed by atoms with Gasteiger partial charge < -0.3 is 5.11 Å². The number of rotatable bonds is 2. The maximum Gasteiger partial charge on any atom is 0.0606 e. The number of hydrogen-bond donors (Lipinski definition) is 1. The Hall–Kier alpha value is 0.140. The summed E-state index contributed by atoms with van der Waals surface area (Å²) < 4.78 is 1.16. The summed E-state index contributed by atoms with van der Waals surface area (Å²) in [6.45, 7) is 4.36. The molecule has 0 spiro atoms. The SMILES string of the molecule is CCC1(C)C(O)CC1c1cc(Br)cs1. The molecular formula is C11H15BrOS. The minimum atomic E-state index is -0.113. The number of halogens is 1. The summed E-state index contributed by atoms with van der Waals surface area (Å²) in [6, 6.07) is 2.19. The van der Waals surface area contributed by atoms with Crippen LogP contribution in [0.25, 0.3) is 0 Å². The van der Waals surface area contributed by atoms with Crippen molar-refractivity contribution in [3.63, 3.8) is 0 Å². The second-order valence-electron chi connectivity index (χ2n) is 4.33. The van der Waals surface area contributed by atoms with Gasteiger partial charge >= 0.3 is 0 Å². The van der Waals surface area contributed by atoms with E-state index in [1.165, 1.54) is 4.88 Å². The molecule has 1 aliphatic rings. The van der Waals surface area contributed by atoms with Crippen molar-refractivity contribution in [2.24, 2.45) is 5.41 Å². The highest BCUT2D eigenvalue weighted by molar-refractivity contribution is 9.10. The fourth-order valence-electron chi connectivity index (χ4n) is 2.27. The van der Waals surface area contributed by atoms with Gasteiger partial charge in [-0.15, -0.1) is 11.3 Å². The van der Waals surface area contributed by atoms with E-state index in [9.17, 15) is 5.11 Å². The maximum absolute atomic E-state index is 9.80. The molecule has 1 N–H and O–H groups in total. The van der Waals surface area contributed by atoms with Gasteiger partial charge in [0.2, 0.25) is 0 Å². The van der Waals surface area contributed by atoms with Crippen LogP contribution in [0.5, 0.6) is 0 Å². The molecule has 1 fully saturated rings. The van der Waals surface area contributed by atoms with Crippen LogP contribution in [0.2, 0.25) is 0 Å². The quantitative estimate of drug-likeness (QED) is 0.871. The van der Waals surface area contributed by atoms with Crippen LogP contribution in [0.3, 0.4) is 0 Å². The third-order valence-electron chi connectivity index (χ3n) is 3.71. The lowest BCUT2D eigenvalue weighted by molar-refractivity contribution is -0.0766. The van der Waals surface area contributed by atoms with Gasteiger partial charge in [0, 0.05) is 26.1 Å². The Balaban J connectivity index is 2.22. The molecule has 0 aromatic carbocycles. The third-order valence-corrected chi connectivity index (χ3v) is 5.52. The minimum Gasteiger partial charge on any atom is -0.393 e. The summed E-state index contributed by atoms with van der Waals surface area (Å²) in [7, 11) is 0. The number of thiophene rings is 1. The largest absolute Gasteiger partial charge is 0.393 e. The Bertz CT molecular complexity index is 336. The molecule has 2 rings (SSSR count). The Morgan fingerprint density at radius 2 is 2.43 bits per heavy atom. The molecule has 0 amide bonds. The predicted molar refractivity (Wildman–Crippen MR) is 63.8 cm³/mol. The van der Waals surface area contributed by atoms with E-state index in [4.69, 9.17) is 0 Å². The summed E-state index contributed by atoms with van der Waals surface area (Å²) in [6.07, 6.45) is 1.87. The second kappa shape index (κ2) is 3.62. The summed E-state index contributed by atoms with van der Waals surface area (Å²) in [5, 5.41) is 11.9. The first kappa shape index (κ1) is 10.7. The van der Waals surface area contributed by atoms with Crippen LogP contribution >= 0.6 is 27.3 Å². The Kier molecular flexibility index (Phi) is 2.75. The predicted octanol–water partition coefficient (Wildman–Crippen LogP) is 3.78. The second-order valence-corrected chi connectivity index (χ2v) is 6.19. The van der Waals surface area contributed by atoms with Crippen molar-refractivity contribution in [1.82, 2.24) is 0 Å². The minimum absolute atomic E-state index is 0.101. The van der Waals surface area contributed by atoms with Gasteiger partial charge in [-0.1, -0.05) is 13.8 Å². The van der Waals surface area contributed by atoms with Crippen molar-refractivity contribution < 1.29 is 5.11 Å². The average Bonchev–Trinajstić information content (AvgIpc) is 2.59. The van der Waals surface area contributed by atoms with Gasteiger partial charge in [0.15, 0.2) is 0 Å². The number of aliphatic hydroxyl groups excluding tert-OH is 1. The molecule has 0 radical (unpaired) electrons. The van der Waals surface area contributed by atoms with Crippen LogP contribution in [0.4, 0.5) is 0 Å². The molecule has 1 aromatic rings. The zero-order valence-corrected chi connectivity index (χ0v) is 10.9. The standard InChI is InChI=1S/C11H15BrOS/c1-3-11(2)8(5-10(11)13)9-4-7(12)6-14-9/h4,6,8,10,13H,3,5H2,1-2H3. The smallest absolute Gasteiger partial charge is 0.0606 e. The van der Waals surface area contributed by atoms with E-state index in [0.29, 0.717) is 5.92 Å². The van der Waals surface area contributed by atoms with E-state index < -0.39 is 0 Å². The molecule has 0 saturated heterocycles. The molecule has 3 unspecified atom stereocenters. The van der Waals surface area contributed by atoms with Gasteiger partial charge in [-0.05, 0) is 34.8 Å². The summed E-state index contributed by atoms with van der Waals surface area (Å²) in [4.78, 5) is 1.41. The van der Waals surface area contributed by atoms with E-state index >= 15 is 0 Å². The Labute approximate surface area is 97.3 Å². The first-order chi connectivity index (χ1) is 6.58. The van der Waals surface area contributed by atoms with E-state index in [-0.39, 0.29) is 11.5 Å². The zero-order chi connectivity index (χ0) is 10.3. The van der Waals surface area contributed by atoms with Gasteiger partial charge in [0.25, 0.3) is 0 Å². The van der Waals surface area contributed by atoms with Crippen LogP contribution in [-0.2, 0) is 0 Å². The lowest BCUT2D eigenvalue weighted by atomic mass is 9.57. The number of aliphatic hydroxyl groups is 1. The molecule has 1 aliphatic carbocycles. The van der Waals surface area contributed by atoms with Crippen molar-refractivity contribution in [2.75, 3.05) is 0 Å². The molecule has 1 saturated carbocycles. The van der Waals surface area contributed by atoms with Crippen LogP contribution < -0.4 is 0 Å². The van der Waals surface area contributed by atoms with Gasteiger partial charge in [-0.2, -0.15) is 0 Å². The summed E-state index contributed by atoms with van der Waals surface area (Å²) in [5.74, 6) is 0.554. The fraction of sp³-hybridized carbons (Fsp3) is 0.636. The zero-order valence-electron chi connectivity index (χ0n) is 8.46. The molecule has 1 nitrogen and oxygen atoms in total. The monoisotopic (exact) mass is 274 g/mol. The highest BCUT2D eigenvalue weighted by atomic mass is 79.9. The summed E-state index contributed by atoms with van der Waals surface area (Å²) >= 11 is 5.27. The molecule has 3 atom stereocenters. The molecule has 14 heavy (non-hydrogen) atoms. The molecule has 78 valence electrons. The van der Waals surface area contributed by atoms with E-state index in [2.05, 4.69) is 41.2 Å². The third kappa shape index (κ3) is 1.46. The van der Waals surface area contributed by atoms with E-state index in [1.807, 2.05) is 0 Å². The van der Waals surface area contributed by atoms with Crippen molar-refractivity contribution in [3.05, 3.63) is 20.8 Å². The highest BCUT2D eigenvalue weighted by Crippen LogP contribution is 2.56. The van der Waals surface area contributed by atoms with Gasteiger partial charge in [-0.3, -0.25) is 0 Å². The van der Waals surface area contributed by atoms with Crippen molar-refractivity contribution in [2.45, 2.75) is 38.7 Å². The highest BCUT2D eigenvalue weighted by Gasteiger charge is 2.50. The molecule has 3 heteroatoms. The van der Waals surface area contributed by atoms with Crippen molar-refractivity contribution >= 4 is 27.3 Å². The van der Waals surface area contributed by atoms with Crippen molar-refractivity contribution in [3.8, 4) is 0 Å². The van der Waals surface area contributed by atoms with E-state index in [1.54, 1.807) is 11.3 Å². The lowest BCUT2D eigenvalue weighted by Gasteiger charge is -2.51. The van der Waals surface area contributed by atoms with Crippen LogP contribution in [-0.4, -0.2) is 11.2 Å². The Morgan fingerprint density at radius 3 is 2.86 bits per heavy atom. The van der Waals surface area contributed by atoms with Crippen LogP contribution in [0, 0.1) is 5.41 Å². The molecule has 0 bridgehead atoms. The topological polar surface area (TPSA) is 20.2 Å². The molecular weight excluding hydrogens is 260 g/mol. The first-order valence-corrected chi connectivity index (χ1v) is 6.67. The Morgan fingerprint density at radius 1 is 1.71 bits per heavy atom. The summed E-state index contributed by atoms with van der Waals surface area (Å²) in [5.41, 5.74) is 0.101. The molecule has 1 aromatic heterocycles. The fourth-order valence-corrected chi connectivity index (χ4v) is 3.99. The van der Waals surface area contributed by atoms with Gasteiger partial charge in [0.1, 0.15) is 0 Å². The van der Waals surface area contributed by atoms with Gasteiger partial charge in [-0.25, -0.2) is 0 Å². The lowest BCUT2D eigenvalue weighted by Crippen LogP contribution is -2.48. The maximum atomic E-state index is 9.80.